The summed E-state index contributed by atoms with van der Waals surface area (Å²) in [4.78, 5) is 2.53. The number of piperidine rings is 1. The van der Waals surface area contributed by atoms with E-state index in [1.54, 1.807) is 5.57 Å². The summed E-state index contributed by atoms with van der Waals surface area (Å²) in [6.07, 6.45) is 5.05. The molecule has 0 bridgehead atoms. The Morgan fingerprint density at radius 3 is 2.71 bits per heavy atom. The molecule has 3 heteroatoms. The molecule has 3 nitrogen and oxygen atoms in total. The molecule has 0 aliphatic carbocycles. The summed E-state index contributed by atoms with van der Waals surface area (Å²) < 4.78 is 0. The van der Waals surface area contributed by atoms with E-state index in [0.29, 0.717) is 0 Å². The van der Waals surface area contributed by atoms with Crippen molar-refractivity contribution in [3.05, 3.63) is 11.6 Å². The van der Waals surface area contributed by atoms with Gasteiger partial charge >= 0.3 is 0 Å². The number of nitrogens with zero attached hydrogens (tertiary/aromatic N) is 1. The van der Waals surface area contributed by atoms with Crippen molar-refractivity contribution in [3.63, 3.8) is 0 Å². The van der Waals surface area contributed by atoms with Crippen molar-refractivity contribution in [2.24, 2.45) is 0 Å². The second-order valence-corrected chi connectivity index (χ2v) is 4.19. The Morgan fingerprint density at radius 1 is 1.14 bits per heavy atom. The SMILES string of the molecule is C(/CN1CCNCC1)=C1/CCCNC1. The van der Waals surface area contributed by atoms with Crippen LogP contribution in [0.3, 0.4) is 0 Å². The third-order valence-corrected chi connectivity index (χ3v) is 3.05. The van der Waals surface area contributed by atoms with E-state index < -0.39 is 0 Å². The third kappa shape index (κ3) is 3.08. The first-order chi connectivity index (χ1) is 6.95. The summed E-state index contributed by atoms with van der Waals surface area (Å²) in [6.45, 7) is 8.19. The first-order valence-corrected chi connectivity index (χ1v) is 5.77. The average molecular weight is 195 g/mol. The second kappa shape index (κ2) is 5.49. The minimum atomic E-state index is 1.12. The fourth-order valence-corrected chi connectivity index (χ4v) is 2.10. The van der Waals surface area contributed by atoms with Crippen molar-refractivity contribution in [3.8, 4) is 0 Å². The van der Waals surface area contributed by atoms with E-state index in [4.69, 9.17) is 0 Å². The van der Waals surface area contributed by atoms with Gasteiger partial charge in [-0.3, -0.25) is 4.90 Å². The molecule has 0 atom stereocenters. The minimum absolute atomic E-state index is 1.12. The number of rotatable bonds is 2. The zero-order valence-corrected chi connectivity index (χ0v) is 8.89. The van der Waals surface area contributed by atoms with Crippen LogP contribution in [0.4, 0.5) is 0 Å². The molecule has 0 unspecified atom stereocenters. The van der Waals surface area contributed by atoms with Crippen LogP contribution in [0.15, 0.2) is 11.6 Å². The third-order valence-electron chi connectivity index (χ3n) is 3.05. The summed E-state index contributed by atoms with van der Waals surface area (Å²) in [7, 11) is 0. The lowest BCUT2D eigenvalue weighted by Crippen LogP contribution is -2.43. The van der Waals surface area contributed by atoms with Gasteiger partial charge in [0.15, 0.2) is 0 Å². The highest BCUT2D eigenvalue weighted by Crippen LogP contribution is 2.08. The maximum absolute atomic E-state index is 3.42. The molecule has 2 saturated heterocycles. The number of nitrogens with one attached hydrogen (secondary N) is 2. The molecule has 2 N–H and O–H groups in total. The van der Waals surface area contributed by atoms with E-state index in [1.807, 2.05) is 0 Å². The standard InChI is InChI=1S/C11H21N3/c1-2-11(10-13-4-1)3-7-14-8-5-12-6-9-14/h3,12-13H,1-2,4-10H2/b11-3+. The van der Waals surface area contributed by atoms with Crippen LogP contribution in [0.1, 0.15) is 12.8 Å². The number of hydrogen-bond acceptors (Lipinski definition) is 3. The van der Waals surface area contributed by atoms with E-state index in [9.17, 15) is 0 Å². The predicted octanol–water partition coefficient (Wildman–Crippen LogP) is 0.201. The highest BCUT2D eigenvalue weighted by molar-refractivity contribution is 5.07. The molecule has 0 amide bonds. The Balaban J connectivity index is 1.73. The lowest BCUT2D eigenvalue weighted by Gasteiger charge is -2.26. The maximum Gasteiger partial charge on any atom is 0.0167 e. The molecule has 2 rings (SSSR count). The van der Waals surface area contributed by atoms with Crippen LogP contribution in [0.25, 0.3) is 0 Å². The van der Waals surface area contributed by atoms with Crippen molar-refractivity contribution in [1.82, 2.24) is 15.5 Å². The van der Waals surface area contributed by atoms with Gasteiger partial charge in [0.1, 0.15) is 0 Å². The van der Waals surface area contributed by atoms with Crippen molar-refractivity contribution in [2.45, 2.75) is 12.8 Å². The highest BCUT2D eigenvalue weighted by Gasteiger charge is 2.09. The van der Waals surface area contributed by atoms with Crippen molar-refractivity contribution >= 4 is 0 Å². The van der Waals surface area contributed by atoms with Crippen LogP contribution in [-0.2, 0) is 0 Å². The van der Waals surface area contributed by atoms with Gasteiger partial charge in [-0.15, -0.1) is 0 Å². The van der Waals surface area contributed by atoms with Crippen LogP contribution in [0.5, 0.6) is 0 Å². The lowest BCUT2D eigenvalue weighted by atomic mass is 10.1. The smallest absolute Gasteiger partial charge is 0.0167 e. The van der Waals surface area contributed by atoms with Gasteiger partial charge in [-0.1, -0.05) is 11.6 Å². The fraction of sp³-hybridized carbons (Fsp3) is 0.818. The second-order valence-electron chi connectivity index (χ2n) is 4.19. The molecule has 0 aromatic rings. The van der Waals surface area contributed by atoms with E-state index >= 15 is 0 Å². The van der Waals surface area contributed by atoms with Gasteiger partial charge in [-0.25, -0.2) is 0 Å². The van der Waals surface area contributed by atoms with Crippen molar-refractivity contribution in [1.29, 1.82) is 0 Å². The zero-order chi connectivity index (χ0) is 9.64. The molecule has 0 saturated carbocycles. The summed E-state index contributed by atoms with van der Waals surface area (Å²) in [5, 5.41) is 6.80. The molecule has 2 fully saturated rings. The van der Waals surface area contributed by atoms with Gasteiger partial charge in [0.2, 0.25) is 0 Å². The molecule has 0 spiro atoms. The molecule has 14 heavy (non-hydrogen) atoms. The van der Waals surface area contributed by atoms with Crippen LogP contribution in [-0.4, -0.2) is 50.7 Å². The molecular weight excluding hydrogens is 174 g/mol. The van der Waals surface area contributed by atoms with Gasteiger partial charge in [0.25, 0.3) is 0 Å². The van der Waals surface area contributed by atoms with Crippen LogP contribution >= 0.6 is 0 Å². The van der Waals surface area contributed by atoms with Crippen LogP contribution < -0.4 is 10.6 Å². The Bertz CT molecular complexity index is 187. The Kier molecular flexibility index (Phi) is 3.98. The molecule has 80 valence electrons. The zero-order valence-electron chi connectivity index (χ0n) is 8.89. The van der Waals surface area contributed by atoms with Gasteiger partial charge in [0.05, 0.1) is 0 Å². The quantitative estimate of drug-likeness (QED) is 0.617. The molecule has 0 radical (unpaired) electrons. The fourth-order valence-electron chi connectivity index (χ4n) is 2.10. The Labute approximate surface area is 86.5 Å². The van der Waals surface area contributed by atoms with Gasteiger partial charge in [-0.05, 0) is 19.4 Å². The van der Waals surface area contributed by atoms with Gasteiger partial charge in [0, 0.05) is 39.3 Å². The summed E-state index contributed by atoms with van der Waals surface area (Å²) in [6, 6.07) is 0. The predicted molar refractivity (Wildman–Crippen MR) is 59.5 cm³/mol. The Hall–Kier alpha value is -0.380. The summed E-state index contributed by atoms with van der Waals surface area (Å²) in [5.41, 5.74) is 1.61. The highest BCUT2D eigenvalue weighted by atomic mass is 15.2. The largest absolute Gasteiger partial charge is 0.314 e. The van der Waals surface area contributed by atoms with E-state index in [-0.39, 0.29) is 0 Å². The first-order valence-electron chi connectivity index (χ1n) is 5.77. The molecule has 0 aromatic heterocycles. The summed E-state index contributed by atoms with van der Waals surface area (Å²) >= 11 is 0. The monoisotopic (exact) mass is 195 g/mol. The van der Waals surface area contributed by atoms with Gasteiger partial charge in [-0.2, -0.15) is 0 Å². The summed E-state index contributed by atoms with van der Waals surface area (Å²) in [5.74, 6) is 0. The van der Waals surface area contributed by atoms with E-state index in [2.05, 4.69) is 21.6 Å². The van der Waals surface area contributed by atoms with Crippen molar-refractivity contribution < 1.29 is 0 Å². The van der Waals surface area contributed by atoms with Crippen LogP contribution in [0.2, 0.25) is 0 Å². The lowest BCUT2D eigenvalue weighted by molar-refractivity contribution is 0.264. The average Bonchev–Trinajstić information content (AvgIpc) is 2.29. The Morgan fingerprint density at radius 2 is 2.00 bits per heavy atom. The molecule has 2 aliphatic rings. The minimum Gasteiger partial charge on any atom is -0.314 e. The van der Waals surface area contributed by atoms with E-state index in [0.717, 1.165) is 26.2 Å². The molecule has 0 aromatic carbocycles. The molecule has 2 aliphatic heterocycles. The maximum atomic E-state index is 3.42. The molecular formula is C11H21N3. The van der Waals surface area contributed by atoms with Gasteiger partial charge < -0.3 is 10.6 Å². The number of piperazine rings is 1. The topological polar surface area (TPSA) is 27.3 Å². The van der Waals surface area contributed by atoms with E-state index in [1.165, 1.54) is 32.5 Å². The first kappa shape index (κ1) is 10.1. The van der Waals surface area contributed by atoms with Crippen molar-refractivity contribution in [2.75, 3.05) is 45.8 Å². The van der Waals surface area contributed by atoms with Crippen LogP contribution in [0, 0.1) is 0 Å². The molecule has 2 heterocycles. The normalized spacial score (nSPS) is 28.1. The number of hydrogen-bond donors (Lipinski definition) is 2.